The summed E-state index contributed by atoms with van der Waals surface area (Å²) >= 11 is 0. The van der Waals surface area contributed by atoms with Crippen molar-refractivity contribution in [2.24, 2.45) is 11.7 Å². The van der Waals surface area contributed by atoms with E-state index in [0.717, 1.165) is 6.42 Å². The van der Waals surface area contributed by atoms with Crippen LogP contribution in [0, 0.1) is 5.92 Å². The zero-order chi connectivity index (χ0) is 9.56. The Bertz CT molecular complexity index is 137. The van der Waals surface area contributed by atoms with Gasteiger partial charge in [-0.3, -0.25) is 4.79 Å². The monoisotopic (exact) mass is 174 g/mol. The number of carbonyl (C=O) groups is 1. The Balaban J connectivity index is 3.44. The van der Waals surface area contributed by atoms with Gasteiger partial charge < -0.3 is 16.2 Å². The lowest BCUT2D eigenvalue weighted by atomic mass is 10.1. The van der Waals surface area contributed by atoms with Crippen LogP contribution >= 0.6 is 0 Å². The van der Waals surface area contributed by atoms with Gasteiger partial charge >= 0.3 is 0 Å². The van der Waals surface area contributed by atoms with Crippen LogP contribution < -0.4 is 11.1 Å². The van der Waals surface area contributed by atoms with Gasteiger partial charge in [-0.15, -0.1) is 0 Å². The number of carbonyl (C=O) groups excluding carboxylic acids is 1. The average Bonchev–Trinajstić information content (AvgIpc) is 2.02. The highest BCUT2D eigenvalue weighted by atomic mass is 16.3. The number of hydrogen-bond acceptors (Lipinski definition) is 3. The molecule has 4 heteroatoms. The number of aliphatic hydroxyl groups is 1. The van der Waals surface area contributed by atoms with E-state index in [4.69, 9.17) is 10.8 Å². The van der Waals surface area contributed by atoms with E-state index in [9.17, 15) is 4.79 Å². The molecular weight excluding hydrogens is 156 g/mol. The molecule has 12 heavy (non-hydrogen) atoms. The fourth-order valence-electron chi connectivity index (χ4n) is 0.709. The summed E-state index contributed by atoms with van der Waals surface area (Å²) in [5, 5.41) is 11.6. The van der Waals surface area contributed by atoms with Crippen molar-refractivity contribution in [1.29, 1.82) is 0 Å². The third kappa shape index (κ3) is 5.09. The molecule has 0 aromatic heterocycles. The van der Waals surface area contributed by atoms with Gasteiger partial charge in [0.25, 0.3) is 0 Å². The summed E-state index contributed by atoms with van der Waals surface area (Å²) in [7, 11) is 0. The van der Waals surface area contributed by atoms with Crippen LogP contribution in [0.4, 0.5) is 0 Å². The topological polar surface area (TPSA) is 75.3 Å². The molecule has 0 bridgehead atoms. The normalized spacial score (nSPS) is 13.1. The number of nitrogens with two attached hydrogens (primary N) is 1. The number of hydrogen-bond donors (Lipinski definition) is 3. The first-order valence-corrected chi connectivity index (χ1v) is 4.23. The van der Waals surface area contributed by atoms with E-state index >= 15 is 0 Å². The molecule has 4 nitrogen and oxygen atoms in total. The van der Waals surface area contributed by atoms with Crippen LogP contribution in [0.5, 0.6) is 0 Å². The minimum atomic E-state index is -1.06. The predicted octanol–water partition coefficient (Wildman–Crippen LogP) is -0.532. The summed E-state index contributed by atoms with van der Waals surface area (Å²) in [5.74, 6) is 0.179. The molecule has 0 radical (unpaired) electrons. The lowest BCUT2D eigenvalue weighted by Crippen LogP contribution is -2.39. The Labute approximate surface area is 73.1 Å². The fraction of sp³-hybridized carbons (Fsp3) is 0.875. The molecule has 0 aromatic carbocycles. The van der Waals surface area contributed by atoms with E-state index in [1.165, 1.54) is 0 Å². The van der Waals surface area contributed by atoms with Crippen LogP contribution in [0.15, 0.2) is 0 Å². The van der Waals surface area contributed by atoms with Gasteiger partial charge in [0.15, 0.2) is 0 Å². The Morgan fingerprint density at radius 2 is 2.17 bits per heavy atom. The lowest BCUT2D eigenvalue weighted by molar-refractivity contribution is -0.128. The molecule has 0 spiro atoms. The van der Waals surface area contributed by atoms with Crippen LogP contribution in [0.1, 0.15) is 20.3 Å². The largest absolute Gasteiger partial charge is 0.382 e. The maximum absolute atomic E-state index is 10.9. The first-order chi connectivity index (χ1) is 5.57. The number of amides is 1. The standard InChI is InChI=1S/C8H18N2O2/c1-6(2)3-4-10-8(12)7(11)5-9/h6-7,11H,3-5,9H2,1-2H3,(H,10,12). The summed E-state index contributed by atoms with van der Waals surface area (Å²) in [5.41, 5.74) is 5.09. The van der Waals surface area contributed by atoms with Crippen LogP contribution in [0.2, 0.25) is 0 Å². The van der Waals surface area contributed by atoms with Gasteiger partial charge in [0.1, 0.15) is 6.10 Å². The van der Waals surface area contributed by atoms with Crippen LogP contribution in [0.25, 0.3) is 0 Å². The Morgan fingerprint density at radius 3 is 2.58 bits per heavy atom. The molecule has 1 amide bonds. The maximum atomic E-state index is 10.9. The van der Waals surface area contributed by atoms with Crippen molar-refractivity contribution < 1.29 is 9.90 Å². The number of rotatable bonds is 5. The van der Waals surface area contributed by atoms with Gasteiger partial charge in [0.05, 0.1) is 0 Å². The first kappa shape index (κ1) is 11.4. The molecule has 72 valence electrons. The van der Waals surface area contributed by atoms with Crippen molar-refractivity contribution >= 4 is 5.91 Å². The predicted molar refractivity (Wildman–Crippen MR) is 47.5 cm³/mol. The smallest absolute Gasteiger partial charge is 0.250 e. The highest BCUT2D eigenvalue weighted by Gasteiger charge is 2.11. The van der Waals surface area contributed by atoms with E-state index in [1.807, 2.05) is 0 Å². The molecule has 4 N–H and O–H groups in total. The van der Waals surface area contributed by atoms with Gasteiger partial charge in [-0.1, -0.05) is 13.8 Å². The molecule has 0 aliphatic carbocycles. The van der Waals surface area contributed by atoms with E-state index in [2.05, 4.69) is 19.2 Å². The minimum absolute atomic E-state index is 0.0203. The second-order valence-electron chi connectivity index (χ2n) is 3.23. The molecule has 1 atom stereocenters. The summed E-state index contributed by atoms with van der Waals surface area (Å²) in [4.78, 5) is 10.9. The second kappa shape index (κ2) is 5.97. The van der Waals surface area contributed by atoms with Crippen molar-refractivity contribution in [3.05, 3.63) is 0 Å². The lowest BCUT2D eigenvalue weighted by Gasteiger charge is -2.09. The van der Waals surface area contributed by atoms with E-state index in [-0.39, 0.29) is 12.5 Å². The Kier molecular flexibility index (Phi) is 5.66. The van der Waals surface area contributed by atoms with Crippen molar-refractivity contribution in [2.75, 3.05) is 13.1 Å². The average molecular weight is 174 g/mol. The third-order valence-electron chi connectivity index (χ3n) is 1.55. The summed E-state index contributed by atoms with van der Waals surface area (Å²) in [6, 6.07) is 0. The van der Waals surface area contributed by atoms with Gasteiger partial charge in [-0.05, 0) is 12.3 Å². The summed E-state index contributed by atoms with van der Waals surface area (Å²) in [6.45, 7) is 4.73. The zero-order valence-corrected chi connectivity index (χ0v) is 7.71. The molecule has 0 fully saturated rings. The van der Waals surface area contributed by atoms with Gasteiger partial charge in [-0.25, -0.2) is 0 Å². The quantitative estimate of drug-likeness (QED) is 0.524. The SMILES string of the molecule is CC(C)CCNC(=O)C(O)CN. The molecule has 0 aliphatic rings. The number of aliphatic hydroxyl groups excluding tert-OH is 1. The molecule has 0 rings (SSSR count). The van der Waals surface area contributed by atoms with Crippen molar-refractivity contribution in [1.82, 2.24) is 5.32 Å². The van der Waals surface area contributed by atoms with Gasteiger partial charge in [0, 0.05) is 13.1 Å². The van der Waals surface area contributed by atoms with E-state index < -0.39 is 6.10 Å². The van der Waals surface area contributed by atoms with Gasteiger partial charge in [-0.2, -0.15) is 0 Å². The van der Waals surface area contributed by atoms with Crippen LogP contribution in [-0.4, -0.2) is 30.2 Å². The Morgan fingerprint density at radius 1 is 1.58 bits per heavy atom. The summed E-state index contributed by atoms with van der Waals surface area (Å²) < 4.78 is 0. The molecule has 0 aliphatic heterocycles. The molecule has 1 unspecified atom stereocenters. The van der Waals surface area contributed by atoms with Crippen molar-refractivity contribution in [3.8, 4) is 0 Å². The summed E-state index contributed by atoms with van der Waals surface area (Å²) in [6.07, 6.45) is -0.139. The zero-order valence-electron chi connectivity index (χ0n) is 7.71. The van der Waals surface area contributed by atoms with Gasteiger partial charge in [0.2, 0.25) is 5.91 Å². The first-order valence-electron chi connectivity index (χ1n) is 4.23. The van der Waals surface area contributed by atoms with Crippen LogP contribution in [-0.2, 0) is 4.79 Å². The number of nitrogens with one attached hydrogen (secondary N) is 1. The van der Waals surface area contributed by atoms with Crippen molar-refractivity contribution in [2.45, 2.75) is 26.4 Å². The highest BCUT2D eigenvalue weighted by molar-refractivity contribution is 5.80. The van der Waals surface area contributed by atoms with Crippen molar-refractivity contribution in [3.63, 3.8) is 0 Å². The Hall–Kier alpha value is -0.610. The highest BCUT2D eigenvalue weighted by Crippen LogP contribution is 1.96. The minimum Gasteiger partial charge on any atom is -0.382 e. The van der Waals surface area contributed by atoms with Crippen LogP contribution in [0.3, 0.4) is 0 Å². The molecule has 0 heterocycles. The van der Waals surface area contributed by atoms with E-state index in [0.29, 0.717) is 12.5 Å². The molecule has 0 saturated carbocycles. The molecule has 0 saturated heterocycles. The maximum Gasteiger partial charge on any atom is 0.250 e. The third-order valence-corrected chi connectivity index (χ3v) is 1.55. The second-order valence-corrected chi connectivity index (χ2v) is 3.23. The molecular formula is C8H18N2O2. The van der Waals surface area contributed by atoms with E-state index in [1.54, 1.807) is 0 Å². The fourth-order valence-corrected chi connectivity index (χ4v) is 0.709. The molecule has 0 aromatic rings.